The number of hydrogen-bond acceptors (Lipinski definition) is 4. The van der Waals surface area contributed by atoms with Crippen LogP contribution in [0.15, 0.2) is 24.3 Å². The molecule has 0 saturated carbocycles. The van der Waals surface area contributed by atoms with E-state index in [-0.39, 0.29) is 5.56 Å². The number of carboxylic acid groups (broad SMARTS) is 1. The normalized spacial score (nSPS) is 18.5. The molecule has 1 N–H and O–H groups in total. The van der Waals surface area contributed by atoms with E-state index in [1.165, 1.54) is 0 Å². The molecule has 0 spiro atoms. The standard InChI is InChI=1S/C18H27FN2O3/c1-14(2)21(10-9-20-8-7-16(19)13-20)11-12-24-17-5-3-15(4-6-17)18(22)23/h3-6,14,16H,7-13H2,1-2H3,(H,22,23). The predicted octanol–water partition coefficient (Wildman–Crippen LogP) is 2.52. The zero-order chi connectivity index (χ0) is 17.5. The summed E-state index contributed by atoms with van der Waals surface area (Å²) in [6.45, 7) is 8.78. The summed E-state index contributed by atoms with van der Waals surface area (Å²) in [4.78, 5) is 15.3. The second-order valence-corrected chi connectivity index (χ2v) is 6.49. The lowest BCUT2D eigenvalue weighted by Gasteiger charge is -2.28. The predicted molar refractivity (Wildman–Crippen MR) is 91.6 cm³/mol. The van der Waals surface area contributed by atoms with Gasteiger partial charge in [-0.05, 0) is 44.5 Å². The van der Waals surface area contributed by atoms with Gasteiger partial charge in [-0.3, -0.25) is 9.80 Å². The summed E-state index contributed by atoms with van der Waals surface area (Å²) in [6, 6.07) is 6.83. The van der Waals surface area contributed by atoms with E-state index >= 15 is 0 Å². The molecule has 2 rings (SSSR count). The molecule has 24 heavy (non-hydrogen) atoms. The van der Waals surface area contributed by atoms with Gasteiger partial charge < -0.3 is 9.84 Å². The first-order valence-electron chi connectivity index (χ1n) is 8.52. The van der Waals surface area contributed by atoms with Crippen molar-refractivity contribution in [1.29, 1.82) is 0 Å². The van der Waals surface area contributed by atoms with E-state index in [1.54, 1.807) is 24.3 Å². The second-order valence-electron chi connectivity index (χ2n) is 6.49. The molecule has 6 heteroatoms. The van der Waals surface area contributed by atoms with Crippen LogP contribution in [0.3, 0.4) is 0 Å². The number of hydrogen-bond donors (Lipinski definition) is 1. The summed E-state index contributed by atoms with van der Waals surface area (Å²) in [5.41, 5.74) is 0.253. The third-order valence-electron chi connectivity index (χ3n) is 4.40. The first-order valence-corrected chi connectivity index (χ1v) is 8.52. The third kappa shape index (κ3) is 5.76. The zero-order valence-corrected chi connectivity index (χ0v) is 14.4. The van der Waals surface area contributed by atoms with Crippen molar-refractivity contribution in [3.63, 3.8) is 0 Å². The molecule has 134 valence electrons. The second kappa shape index (κ2) is 8.99. The Bertz CT molecular complexity index is 522. The van der Waals surface area contributed by atoms with Crippen molar-refractivity contribution in [3.8, 4) is 5.75 Å². The van der Waals surface area contributed by atoms with E-state index in [0.29, 0.717) is 31.4 Å². The first-order chi connectivity index (χ1) is 11.5. The average Bonchev–Trinajstić information content (AvgIpc) is 2.96. The van der Waals surface area contributed by atoms with E-state index in [0.717, 1.165) is 26.2 Å². The molecule has 1 aromatic rings. The third-order valence-corrected chi connectivity index (χ3v) is 4.40. The Morgan fingerprint density at radius 2 is 2.08 bits per heavy atom. The van der Waals surface area contributed by atoms with Gasteiger partial charge in [0.05, 0.1) is 5.56 Å². The van der Waals surface area contributed by atoms with Crippen molar-refractivity contribution in [2.75, 3.05) is 39.3 Å². The molecule has 0 amide bonds. The molecular formula is C18H27FN2O3. The number of alkyl halides is 1. The molecule has 1 fully saturated rings. The van der Waals surface area contributed by atoms with Gasteiger partial charge in [-0.15, -0.1) is 0 Å². The fourth-order valence-corrected chi connectivity index (χ4v) is 2.86. The lowest BCUT2D eigenvalue weighted by atomic mass is 10.2. The van der Waals surface area contributed by atoms with Crippen molar-refractivity contribution < 1.29 is 19.0 Å². The van der Waals surface area contributed by atoms with Gasteiger partial charge in [-0.1, -0.05) is 0 Å². The van der Waals surface area contributed by atoms with Crippen molar-refractivity contribution in [2.45, 2.75) is 32.5 Å². The number of nitrogens with zero attached hydrogens (tertiary/aromatic N) is 2. The van der Waals surface area contributed by atoms with Crippen LogP contribution in [-0.2, 0) is 0 Å². The quantitative estimate of drug-likeness (QED) is 0.750. The minimum absolute atomic E-state index is 0.253. The Kier molecular flexibility index (Phi) is 6.99. The number of aromatic carboxylic acids is 1. The van der Waals surface area contributed by atoms with Crippen LogP contribution < -0.4 is 4.74 Å². The topological polar surface area (TPSA) is 53.0 Å². The highest BCUT2D eigenvalue weighted by Crippen LogP contribution is 2.14. The molecule has 0 aromatic heterocycles. The Morgan fingerprint density at radius 1 is 1.38 bits per heavy atom. The molecule has 1 saturated heterocycles. The molecule has 1 aliphatic rings. The summed E-state index contributed by atoms with van der Waals surface area (Å²) in [5.74, 6) is -0.270. The van der Waals surface area contributed by atoms with E-state index < -0.39 is 12.1 Å². The summed E-state index contributed by atoms with van der Waals surface area (Å²) < 4.78 is 18.9. The van der Waals surface area contributed by atoms with Crippen LogP contribution in [0, 0.1) is 0 Å². The summed E-state index contributed by atoms with van der Waals surface area (Å²) in [6.07, 6.45) is -0.0217. The number of likely N-dealkylation sites (tertiary alicyclic amines) is 1. The summed E-state index contributed by atoms with van der Waals surface area (Å²) in [7, 11) is 0. The van der Waals surface area contributed by atoms with Crippen LogP contribution in [0.1, 0.15) is 30.6 Å². The van der Waals surface area contributed by atoms with E-state index in [9.17, 15) is 9.18 Å². The number of carbonyl (C=O) groups is 1. The number of benzene rings is 1. The fourth-order valence-electron chi connectivity index (χ4n) is 2.86. The van der Waals surface area contributed by atoms with Crippen molar-refractivity contribution in [1.82, 2.24) is 9.80 Å². The molecule has 1 unspecified atom stereocenters. The van der Waals surface area contributed by atoms with Crippen LogP contribution >= 0.6 is 0 Å². The Morgan fingerprint density at radius 3 is 2.62 bits per heavy atom. The van der Waals surface area contributed by atoms with Gasteiger partial charge in [-0.25, -0.2) is 9.18 Å². The smallest absolute Gasteiger partial charge is 0.335 e. The van der Waals surface area contributed by atoms with Gasteiger partial charge in [-0.2, -0.15) is 0 Å². The number of halogens is 1. The van der Waals surface area contributed by atoms with Gasteiger partial charge in [0.1, 0.15) is 18.5 Å². The van der Waals surface area contributed by atoms with Crippen LogP contribution in [0.2, 0.25) is 0 Å². The van der Waals surface area contributed by atoms with Gasteiger partial charge in [0.2, 0.25) is 0 Å². The fraction of sp³-hybridized carbons (Fsp3) is 0.611. The van der Waals surface area contributed by atoms with Crippen molar-refractivity contribution >= 4 is 5.97 Å². The van der Waals surface area contributed by atoms with Crippen molar-refractivity contribution in [3.05, 3.63) is 29.8 Å². The average molecular weight is 338 g/mol. The lowest BCUT2D eigenvalue weighted by Crippen LogP contribution is -2.40. The van der Waals surface area contributed by atoms with E-state index in [2.05, 4.69) is 23.6 Å². The van der Waals surface area contributed by atoms with Crippen LogP contribution in [0.5, 0.6) is 5.75 Å². The number of ether oxygens (including phenoxy) is 1. The summed E-state index contributed by atoms with van der Waals surface area (Å²) in [5, 5.41) is 8.88. The SMILES string of the molecule is CC(C)N(CCOc1ccc(C(=O)O)cc1)CCN1CCC(F)C1. The maximum absolute atomic E-state index is 13.2. The molecule has 1 atom stereocenters. The van der Waals surface area contributed by atoms with Gasteiger partial charge >= 0.3 is 5.97 Å². The minimum Gasteiger partial charge on any atom is -0.492 e. The largest absolute Gasteiger partial charge is 0.492 e. The Balaban J connectivity index is 1.73. The first kappa shape index (κ1) is 18.7. The van der Waals surface area contributed by atoms with Crippen molar-refractivity contribution in [2.24, 2.45) is 0 Å². The Hall–Kier alpha value is -1.66. The molecule has 0 bridgehead atoms. The molecule has 0 radical (unpaired) electrons. The molecule has 1 heterocycles. The Labute approximate surface area is 143 Å². The number of rotatable bonds is 9. The van der Waals surface area contributed by atoms with E-state index in [4.69, 9.17) is 9.84 Å². The maximum Gasteiger partial charge on any atom is 0.335 e. The molecule has 0 aliphatic carbocycles. The van der Waals surface area contributed by atoms with E-state index in [1.807, 2.05) is 0 Å². The maximum atomic E-state index is 13.2. The zero-order valence-electron chi connectivity index (χ0n) is 14.4. The monoisotopic (exact) mass is 338 g/mol. The molecule has 5 nitrogen and oxygen atoms in total. The highest BCUT2D eigenvalue weighted by Gasteiger charge is 2.22. The minimum atomic E-state index is -0.940. The van der Waals surface area contributed by atoms with Gasteiger partial charge in [0.25, 0.3) is 0 Å². The molecule has 1 aromatic carbocycles. The highest BCUT2D eigenvalue weighted by atomic mass is 19.1. The van der Waals surface area contributed by atoms with Crippen LogP contribution in [0.25, 0.3) is 0 Å². The molecule has 1 aliphatic heterocycles. The highest BCUT2D eigenvalue weighted by molar-refractivity contribution is 5.87. The lowest BCUT2D eigenvalue weighted by molar-refractivity contribution is 0.0697. The van der Waals surface area contributed by atoms with Crippen LogP contribution in [-0.4, -0.2) is 72.4 Å². The van der Waals surface area contributed by atoms with Gasteiger partial charge in [0, 0.05) is 38.8 Å². The number of carboxylic acids is 1. The molecular weight excluding hydrogens is 311 g/mol. The van der Waals surface area contributed by atoms with Gasteiger partial charge in [0.15, 0.2) is 0 Å². The van der Waals surface area contributed by atoms with Crippen LogP contribution in [0.4, 0.5) is 4.39 Å². The summed E-state index contributed by atoms with van der Waals surface area (Å²) >= 11 is 0.